The van der Waals surface area contributed by atoms with Crippen LogP contribution >= 0.6 is 11.6 Å². The topological polar surface area (TPSA) is 61.0 Å². The molecule has 1 heterocycles. The molecule has 2 N–H and O–H groups in total. The molecule has 0 aliphatic heterocycles. The number of rotatable bonds is 4. The quantitative estimate of drug-likeness (QED) is 0.588. The Kier molecular flexibility index (Phi) is 4.11. The summed E-state index contributed by atoms with van der Waals surface area (Å²) in [5, 5.41) is 1.07. The van der Waals surface area contributed by atoms with Crippen molar-refractivity contribution in [3.05, 3.63) is 59.0 Å². The van der Waals surface area contributed by atoms with E-state index in [0.29, 0.717) is 18.7 Å². The Balaban J connectivity index is 1.84. The van der Waals surface area contributed by atoms with E-state index in [9.17, 15) is 0 Å². The van der Waals surface area contributed by atoms with Crippen molar-refractivity contribution in [1.29, 1.82) is 0 Å². The van der Waals surface area contributed by atoms with E-state index in [-0.39, 0.29) is 5.28 Å². The van der Waals surface area contributed by atoms with Gasteiger partial charge in [-0.2, -0.15) is 0 Å². The van der Waals surface area contributed by atoms with Crippen molar-refractivity contribution in [1.82, 2.24) is 9.97 Å². The number of para-hydroxylation sites is 1. The van der Waals surface area contributed by atoms with Gasteiger partial charge >= 0.3 is 0 Å². The number of anilines is 1. The van der Waals surface area contributed by atoms with Crippen molar-refractivity contribution in [2.45, 2.75) is 13.3 Å². The van der Waals surface area contributed by atoms with Gasteiger partial charge in [-0.15, -0.1) is 0 Å². The number of ether oxygens (including phenoxy) is 1. The summed E-state index contributed by atoms with van der Waals surface area (Å²) in [6.45, 7) is 2.52. The number of benzene rings is 2. The SMILES string of the molecule is Cc1ccccc1OCCc1nc(Cl)nc2cccc(N)c12. The number of hydrogen-bond donors (Lipinski definition) is 1. The fraction of sp³-hybridized carbons (Fsp3) is 0.176. The van der Waals surface area contributed by atoms with E-state index in [1.165, 1.54) is 0 Å². The first-order valence-electron chi connectivity index (χ1n) is 7.04. The number of hydrogen-bond acceptors (Lipinski definition) is 4. The zero-order chi connectivity index (χ0) is 15.5. The van der Waals surface area contributed by atoms with Gasteiger partial charge in [-0.1, -0.05) is 24.3 Å². The minimum Gasteiger partial charge on any atom is -0.493 e. The van der Waals surface area contributed by atoms with Gasteiger partial charge in [0.25, 0.3) is 0 Å². The van der Waals surface area contributed by atoms with Crippen LogP contribution in [-0.4, -0.2) is 16.6 Å². The van der Waals surface area contributed by atoms with Crippen LogP contribution in [0.3, 0.4) is 0 Å². The van der Waals surface area contributed by atoms with Gasteiger partial charge in [0, 0.05) is 17.5 Å². The highest BCUT2D eigenvalue weighted by Gasteiger charge is 2.10. The van der Waals surface area contributed by atoms with Crippen LogP contribution in [0, 0.1) is 6.92 Å². The van der Waals surface area contributed by atoms with Crippen molar-refractivity contribution in [2.24, 2.45) is 0 Å². The third-order valence-electron chi connectivity index (χ3n) is 3.49. The van der Waals surface area contributed by atoms with Crippen molar-refractivity contribution in [3.63, 3.8) is 0 Å². The van der Waals surface area contributed by atoms with Crippen molar-refractivity contribution >= 4 is 28.2 Å². The second-order valence-electron chi connectivity index (χ2n) is 5.04. The molecule has 4 nitrogen and oxygen atoms in total. The van der Waals surface area contributed by atoms with Crippen LogP contribution < -0.4 is 10.5 Å². The predicted molar refractivity (Wildman–Crippen MR) is 89.3 cm³/mol. The van der Waals surface area contributed by atoms with E-state index in [0.717, 1.165) is 27.9 Å². The second kappa shape index (κ2) is 6.20. The van der Waals surface area contributed by atoms with Crippen LogP contribution in [0.4, 0.5) is 5.69 Å². The molecule has 3 aromatic rings. The highest BCUT2D eigenvalue weighted by molar-refractivity contribution is 6.28. The molecule has 0 amide bonds. The predicted octanol–water partition coefficient (Wildman–Crippen LogP) is 3.80. The lowest BCUT2D eigenvalue weighted by atomic mass is 10.1. The second-order valence-corrected chi connectivity index (χ2v) is 5.38. The first kappa shape index (κ1) is 14.6. The summed E-state index contributed by atoms with van der Waals surface area (Å²) >= 11 is 5.99. The van der Waals surface area contributed by atoms with Crippen molar-refractivity contribution in [3.8, 4) is 5.75 Å². The van der Waals surface area contributed by atoms with Gasteiger partial charge in [-0.3, -0.25) is 0 Å². The molecule has 3 rings (SSSR count). The number of nitrogen functional groups attached to an aromatic ring is 1. The summed E-state index contributed by atoms with van der Waals surface area (Å²) in [4.78, 5) is 8.52. The number of nitrogens with two attached hydrogens (primary N) is 1. The molecule has 0 atom stereocenters. The van der Waals surface area contributed by atoms with Crippen LogP contribution in [0.1, 0.15) is 11.3 Å². The zero-order valence-corrected chi connectivity index (χ0v) is 13.0. The standard InChI is InChI=1S/C17H16ClN3O/c1-11-5-2-3-8-15(11)22-10-9-14-16-12(19)6-4-7-13(16)20-17(18)21-14/h2-8H,9-10,19H2,1H3. The maximum absolute atomic E-state index is 6.05. The number of aryl methyl sites for hydroxylation is 1. The maximum atomic E-state index is 6.05. The lowest BCUT2D eigenvalue weighted by Gasteiger charge is -2.11. The minimum atomic E-state index is 0.226. The Morgan fingerprint density at radius 3 is 2.73 bits per heavy atom. The molecule has 22 heavy (non-hydrogen) atoms. The fourth-order valence-corrected chi connectivity index (χ4v) is 2.61. The van der Waals surface area contributed by atoms with E-state index in [2.05, 4.69) is 9.97 Å². The summed E-state index contributed by atoms with van der Waals surface area (Å²) in [5.41, 5.74) is 9.37. The molecular formula is C17H16ClN3O. The number of halogens is 1. The summed E-state index contributed by atoms with van der Waals surface area (Å²) in [7, 11) is 0. The van der Waals surface area contributed by atoms with Crippen LogP contribution in [0.5, 0.6) is 5.75 Å². The molecule has 0 unspecified atom stereocenters. The Morgan fingerprint density at radius 1 is 1.09 bits per heavy atom. The molecule has 2 aromatic carbocycles. The van der Waals surface area contributed by atoms with Gasteiger partial charge in [0.1, 0.15) is 5.75 Å². The molecule has 0 fully saturated rings. The van der Waals surface area contributed by atoms with Gasteiger partial charge < -0.3 is 10.5 Å². The Hall–Kier alpha value is -2.33. The van der Waals surface area contributed by atoms with E-state index in [1.54, 1.807) is 0 Å². The third kappa shape index (κ3) is 2.97. The Morgan fingerprint density at radius 2 is 1.91 bits per heavy atom. The van der Waals surface area contributed by atoms with Crippen molar-refractivity contribution in [2.75, 3.05) is 12.3 Å². The molecular weight excluding hydrogens is 298 g/mol. The summed E-state index contributed by atoms with van der Waals surface area (Å²) in [5.74, 6) is 0.875. The normalized spacial score (nSPS) is 10.8. The number of fused-ring (bicyclic) bond motifs is 1. The van der Waals surface area contributed by atoms with Crippen LogP contribution in [0.15, 0.2) is 42.5 Å². The fourth-order valence-electron chi connectivity index (χ4n) is 2.41. The third-order valence-corrected chi connectivity index (χ3v) is 3.66. The first-order valence-corrected chi connectivity index (χ1v) is 7.42. The minimum absolute atomic E-state index is 0.226. The van der Waals surface area contributed by atoms with Gasteiger partial charge in [-0.25, -0.2) is 9.97 Å². The molecule has 0 spiro atoms. The monoisotopic (exact) mass is 313 g/mol. The van der Waals surface area contributed by atoms with Crippen LogP contribution in [0.2, 0.25) is 5.28 Å². The van der Waals surface area contributed by atoms with Crippen LogP contribution in [0.25, 0.3) is 10.9 Å². The van der Waals surface area contributed by atoms with E-state index < -0.39 is 0 Å². The first-order chi connectivity index (χ1) is 10.6. The molecule has 112 valence electrons. The Labute approximate surface area is 133 Å². The van der Waals surface area contributed by atoms with Gasteiger partial charge in [0.2, 0.25) is 5.28 Å². The molecule has 0 aliphatic rings. The van der Waals surface area contributed by atoms with Gasteiger partial charge in [-0.05, 0) is 42.3 Å². The lowest BCUT2D eigenvalue weighted by molar-refractivity contribution is 0.319. The lowest BCUT2D eigenvalue weighted by Crippen LogP contribution is -2.06. The largest absolute Gasteiger partial charge is 0.493 e. The molecule has 0 saturated heterocycles. The molecule has 1 aromatic heterocycles. The maximum Gasteiger partial charge on any atom is 0.223 e. The summed E-state index contributed by atoms with van der Waals surface area (Å²) in [6.07, 6.45) is 0.612. The van der Waals surface area contributed by atoms with E-state index in [4.69, 9.17) is 22.1 Å². The number of aromatic nitrogens is 2. The van der Waals surface area contributed by atoms with Crippen LogP contribution in [-0.2, 0) is 6.42 Å². The Bertz CT molecular complexity index is 820. The average Bonchev–Trinajstić information content (AvgIpc) is 2.49. The molecule has 0 aliphatic carbocycles. The summed E-state index contributed by atoms with van der Waals surface area (Å²) in [6, 6.07) is 13.5. The molecule has 0 bridgehead atoms. The molecule has 0 saturated carbocycles. The van der Waals surface area contributed by atoms with Crippen molar-refractivity contribution < 1.29 is 4.74 Å². The molecule has 5 heteroatoms. The highest BCUT2D eigenvalue weighted by atomic mass is 35.5. The number of nitrogens with zero attached hydrogens (tertiary/aromatic N) is 2. The van der Waals surface area contributed by atoms with E-state index >= 15 is 0 Å². The smallest absolute Gasteiger partial charge is 0.223 e. The summed E-state index contributed by atoms with van der Waals surface area (Å²) < 4.78 is 5.83. The zero-order valence-electron chi connectivity index (χ0n) is 12.2. The van der Waals surface area contributed by atoms with Gasteiger partial charge in [0.05, 0.1) is 17.8 Å². The molecule has 0 radical (unpaired) electrons. The highest BCUT2D eigenvalue weighted by Crippen LogP contribution is 2.24. The average molecular weight is 314 g/mol. The van der Waals surface area contributed by atoms with Gasteiger partial charge in [0.15, 0.2) is 0 Å². The van der Waals surface area contributed by atoms with E-state index in [1.807, 2.05) is 49.4 Å².